The molecule has 1 aromatic heterocycles. The molecule has 0 fully saturated rings. The number of alkyl halides is 3. The Morgan fingerprint density at radius 1 is 1.26 bits per heavy atom. The molecule has 0 bridgehead atoms. The van der Waals surface area contributed by atoms with E-state index in [1.807, 2.05) is 6.07 Å². The van der Waals surface area contributed by atoms with E-state index in [2.05, 4.69) is 9.84 Å². The summed E-state index contributed by atoms with van der Waals surface area (Å²) in [6, 6.07) is 8.87. The number of nitrogens with two attached hydrogens (primary N) is 1. The number of hydrogen-bond acceptors (Lipinski definition) is 3. The molecule has 0 spiro atoms. The number of aromatic nitrogens is 2. The predicted molar refractivity (Wildman–Crippen MR) is 64.3 cm³/mol. The standard InChI is InChI=1S/C12H12F3N3O/c1-8-10(16)18(9-5-3-2-4-6-9)17-11(8)19-7-12(13,14)15/h2-6H,7,16H2,1H3. The Hall–Kier alpha value is -2.18. The smallest absolute Gasteiger partial charge is 0.422 e. The third-order valence-corrected chi connectivity index (χ3v) is 2.50. The molecule has 1 aromatic carbocycles. The number of nitrogens with zero attached hydrogens (tertiary/aromatic N) is 2. The first-order valence-electron chi connectivity index (χ1n) is 5.48. The number of anilines is 1. The van der Waals surface area contributed by atoms with Gasteiger partial charge in [0.2, 0.25) is 5.88 Å². The van der Waals surface area contributed by atoms with Gasteiger partial charge in [-0.1, -0.05) is 18.2 Å². The van der Waals surface area contributed by atoms with Crippen LogP contribution in [0.25, 0.3) is 5.69 Å². The van der Waals surface area contributed by atoms with Gasteiger partial charge in [0, 0.05) is 0 Å². The van der Waals surface area contributed by atoms with E-state index in [9.17, 15) is 13.2 Å². The number of rotatable bonds is 3. The van der Waals surface area contributed by atoms with E-state index in [-0.39, 0.29) is 11.7 Å². The molecule has 0 unspecified atom stereocenters. The van der Waals surface area contributed by atoms with Crippen LogP contribution in [0.5, 0.6) is 5.88 Å². The Kier molecular flexibility index (Phi) is 3.37. The van der Waals surface area contributed by atoms with Crippen LogP contribution in [0.1, 0.15) is 5.56 Å². The lowest BCUT2D eigenvalue weighted by atomic mass is 10.3. The van der Waals surface area contributed by atoms with Gasteiger partial charge in [-0.25, -0.2) is 4.68 Å². The Bertz CT molecular complexity index is 564. The summed E-state index contributed by atoms with van der Waals surface area (Å²) in [5, 5.41) is 3.95. The summed E-state index contributed by atoms with van der Waals surface area (Å²) in [5.74, 6) is 0.141. The molecule has 0 aliphatic carbocycles. The van der Waals surface area contributed by atoms with Crippen molar-refractivity contribution in [3.05, 3.63) is 35.9 Å². The molecule has 0 atom stereocenters. The first-order chi connectivity index (χ1) is 8.88. The number of para-hydroxylation sites is 1. The van der Waals surface area contributed by atoms with E-state index in [4.69, 9.17) is 5.73 Å². The molecule has 2 rings (SSSR count). The molecule has 0 aliphatic rings. The van der Waals surface area contributed by atoms with Crippen molar-refractivity contribution >= 4 is 5.82 Å². The number of benzene rings is 1. The zero-order chi connectivity index (χ0) is 14.0. The second-order valence-electron chi connectivity index (χ2n) is 3.97. The van der Waals surface area contributed by atoms with Crippen molar-refractivity contribution in [2.45, 2.75) is 13.1 Å². The van der Waals surface area contributed by atoms with E-state index in [1.165, 1.54) is 4.68 Å². The summed E-state index contributed by atoms with van der Waals surface area (Å²) in [6.45, 7) is 0.173. The maximum absolute atomic E-state index is 12.1. The minimum atomic E-state index is -4.41. The molecule has 4 nitrogen and oxygen atoms in total. The first-order valence-corrected chi connectivity index (χ1v) is 5.48. The largest absolute Gasteiger partial charge is 0.467 e. The van der Waals surface area contributed by atoms with Gasteiger partial charge in [-0.3, -0.25) is 0 Å². The number of halogens is 3. The second-order valence-corrected chi connectivity index (χ2v) is 3.97. The fourth-order valence-electron chi connectivity index (χ4n) is 1.54. The number of hydrogen-bond donors (Lipinski definition) is 1. The molecular formula is C12H12F3N3O. The van der Waals surface area contributed by atoms with Crippen molar-refractivity contribution in [2.24, 2.45) is 0 Å². The summed E-state index contributed by atoms with van der Waals surface area (Å²) < 4.78 is 42.3. The summed E-state index contributed by atoms with van der Waals surface area (Å²) in [6.07, 6.45) is -4.41. The zero-order valence-electron chi connectivity index (χ0n) is 10.1. The third kappa shape index (κ3) is 2.98. The van der Waals surface area contributed by atoms with Crippen LogP contribution in [0, 0.1) is 6.92 Å². The molecule has 2 N–H and O–H groups in total. The van der Waals surface area contributed by atoms with Crippen LogP contribution in [0.4, 0.5) is 19.0 Å². The Balaban J connectivity index is 2.29. The summed E-state index contributed by atoms with van der Waals surface area (Å²) in [4.78, 5) is 0. The fourth-order valence-corrected chi connectivity index (χ4v) is 1.54. The monoisotopic (exact) mass is 271 g/mol. The third-order valence-electron chi connectivity index (χ3n) is 2.50. The van der Waals surface area contributed by atoms with Crippen molar-refractivity contribution < 1.29 is 17.9 Å². The SMILES string of the molecule is Cc1c(OCC(F)(F)F)nn(-c2ccccc2)c1N. The Morgan fingerprint density at radius 3 is 2.47 bits per heavy atom. The van der Waals surface area contributed by atoms with Gasteiger partial charge in [-0.2, -0.15) is 13.2 Å². The van der Waals surface area contributed by atoms with Gasteiger partial charge in [-0.15, -0.1) is 5.10 Å². The van der Waals surface area contributed by atoms with E-state index < -0.39 is 12.8 Å². The van der Waals surface area contributed by atoms with Gasteiger partial charge in [0.05, 0.1) is 11.3 Å². The molecule has 19 heavy (non-hydrogen) atoms. The summed E-state index contributed by atoms with van der Waals surface area (Å²) >= 11 is 0. The van der Waals surface area contributed by atoms with Crippen molar-refractivity contribution in [1.82, 2.24) is 9.78 Å². The summed E-state index contributed by atoms with van der Waals surface area (Å²) in [7, 11) is 0. The van der Waals surface area contributed by atoms with E-state index in [0.29, 0.717) is 11.3 Å². The molecule has 0 amide bonds. The molecule has 102 valence electrons. The molecule has 1 heterocycles. The maximum Gasteiger partial charge on any atom is 0.422 e. The van der Waals surface area contributed by atoms with E-state index >= 15 is 0 Å². The molecule has 0 aliphatic heterocycles. The fraction of sp³-hybridized carbons (Fsp3) is 0.250. The van der Waals surface area contributed by atoms with Crippen molar-refractivity contribution in [3.63, 3.8) is 0 Å². The van der Waals surface area contributed by atoms with Crippen LogP contribution < -0.4 is 10.5 Å². The molecule has 0 saturated carbocycles. The van der Waals surface area contributed by atoms with Gasteiger partial charge in [-0.05, 0) is 19.1 Å². The maximum atomic E-state index is 12.1. The lowest BCUT2D eigenvalue weighted by Gasteiger charge is -2.06. The van der Waals surface area contributed by atoms with Gasteiger partial charge >= 0.3 is 6.18 Å². The van der Waals surface area contributed by atoms with Crippen LogP contribution in [0.3, 0.4) is 0 Å². The predicted octanol–water partition coefficient (Wildman–Crippen LogP) is 2.70. The normalized spacial score (nSPS) is 11.6. The van der Waals surface area contributed by atoms with Crippen molar-refractivity contribution in [1.29, 1.82) is 0 Å². The lowest BCUT2D eigenvalue weighted by molar-refractivity contribution is -0.154. The molecule has 7 heteroatoms. The molecule has 0 saturated heterocycles. The highest BCUT2D eigenvalue weighted by Crippen LogP contribution is 2.27. The highest BCUT2D eigenvalue weighted by Gasteiger charge is 2.29. The Morgan fingerprint density at radius 2 is 1.89 bits per heavy atom. The van der Waals surface area contributed by atoms with Crippen LogP contribution in [-0.4, -0.2) is 22.6 Å². The van der Waals surface area contributed by atoms with Crippen molar-refractivity contribution in [3.8, 4) is 11.6 Å². The van der Waals surface area contributed by atoms with Gasteiger partial charge in [0.1, 0.15) is 5.82 Å². The van der Waals surface area contributed by atoms with Gasteiger partial charge in [0.25, 0.3) is 0 Å². The van der Waals surface area contributed by atoms with E-state index in [0.717, 1.165) is 0 Å². The topological polar surface area (TPSA) is 53.1 Å². The van der Waals surface area contributed by atoms with Crippen LogP contribution in [0.2, 0.25) is 0 Å². The number of nitrogen functional groups attached to an aromatic ring is 1. The van der Waals surface area contributed by atoms with Crippen LogP contribution in [0.15, 0.2) is 30.3 Å². The quantitative estimate of drug-likeness (QED) is 0.933. The van der Waals surface area contributed by atoms with Crippen LogP contribution >= 0.6 is 0 Å². The molecule has 0 radical (unpaired) electrons. The summed E-state index contributed by atoms with van der Waals surface area (Å²) in [5.41, 5.74) is 6.85. The second kappa shape index (κ2) is 4.83. The average Bonchev–Trinajstić information content (AvgIpc) is 2.64. The highest BCUT2D eigenvalue weighted by atomic mass is 19.4. The molecular weight excluding hydrogens is 259 g/mol. The van der Waals surface area contributed by atoms with E-state index in [1.54, 1.807) is 31.2 Å². The molecule has 2 aromatic rings. The minimum absolute atomic E-state index is 0.112. The Labute approximate surface area is 107 Å². The highest BCUT2D eigenvalue weighted by molar-refractivity contribution is 5.51. The van der Waals surface area contributed by atoms with Gasteiger partial charge in [0.15, 0.2) is 6.61 Å². The minimum Gasteiger partial charge on any atom is -0.467 e. The van der Waals surface area contributed by atoms with Crippen LogP contribution in [-0.2, 0) is 0 Å². The lowest BCUT2D eigenvalue weighted by Crippen LogP contribution is -2.19. The first kappa shape index (κ1) is 13.3. The van der Waals surface area contributed by atoms with Crippen molar-refractivity contribution in [2.75, 3.05) is 12.3 Å². The average molecular weight is 271 g/mol. The zero-order valence-corrected chi connectivity index (χ0v) is 10.1. The number of ether oxygens (including phenoxy) is 1. The van der Waals surface area contributed by atoms with Gasteiger partial charge < -0.3 is 10.5 Å².